The van der Waals surface area contributed by atoms with Crippen LogP contribution in [0.2, 0.25) is 0 Å². The molecule has 19 heavy (non-hydrogen) atoms. The van der Waals surface area contributed by atoms with Crippen LogP contribution in [0.25, 0.3) is 0 Å². The van der Waals surface area contributed by atoms with Gasteiger partial charge in [-0.15, -0.1) is 0 Å². The molecule has 0 saturated carbocycles. The van der Waals surface area contributed by atoms with Crippen molar-refractivity contribution in [2.75, 3.05) is 6.54 Å². The Morgan fingerprint density at radius 1 is 1.16 bits per heavy atom. The first-order valence-electron chi connectivity index (χ1n) is 6.21. The lowest BCUT2D eigenvalue weighted by Gasteiger charge is -2.07. The van der Waals surface area contributed by atoms with E-state index in [0.717, 1.165) is 22.9 Å². The molecule has 1 aromatic carbocycles. The first-order valence-corrected chi connectivity index (χ1v) is 7.38. The Morgan fingerprint density at radius 2 is 1.95 bits per heavy atom. The van der Waals surface area contributed by atoms with Crippen LogP contribution in [0.15, 0.2) is 69.7 Å². The Morgan fingerprint density at radius 3 is 2.74 bits per heavy atom. The molecule has 98 valence electrons. The average molecular weight is 337 g/mol. The molecule has 1 aromatic rings. The molecule has 1 aliphatic heterocycles. The van der Waals surface area contributed by atoms with Gasteiger partial charge in [-0.2, -0.15) is 0 Å². The van der Waals surface area contributed by atoms with E-state index in [-0.39, 0.29) is 0 Å². The second kappa shape index (κ2) is 7.46. The van der Waals surface area contributed by atoms with Gasteiger partial charge in [-0.25, -0.2) is 0 Å². The molecule has 1 heterocycles. The summed E-state index contributed by atoms with van der Waals surface area (Å²) in [6.45, 7) is 0.605. The minimum absolute atomic E-state index is 0.605. The zero-order valence-corrected chi connectivity index (χ0v) is 12.9. The summed E-state index contributed by atoms with van der Waals surface area (Å²) in [4.78, 5) is 4.38. The molecule has 0 spiro atoms. The van der Waals surface area contributed by atoms with E-state index in [2.05, 4.69) is 45.2 Å². The minimum atomic E-state index is 0.605. The van der Waals surface area contributed by atoms with E-state index in [9.17, 15) is 0 Å². The van der Waals surface area contributed by atoms with Gasteiger partial charge in [0.1, 0.15) is 5.17 Å². The number of nitrogens with zero attached hydrogens (tertiary/aromatic N) is 1. The maximum atomic E-state index is 6.29. The van der Waals surface area contributed by atoms with E-state index in [1.54, 1.807) is 0 Å². The summed E-state index contributed by atoms with van der Waals surface area (Å²) in [5.74, 6) is 0. The van der Waals surface area contributed by atoms with Gasteiger partial charge in [0, 0.05) is 10.9 Å². The maximum absolute atomic E-state index is 6.29. The highest BCUT2D eigenvalue weighted by atomic mass is 79.9. The van der Waals surface area contributed by atoms with Crippen LogP contribution in [0.3, 0.4) is 0 Å². The molecule has 0 atom stereocenters. The van der Waals surface area contributed by atoms with Crippen LogP contribution in [0.1, 0.15) is 12.0 Å². The normalized spacial score (nSPS) is 26.3. The highest BCUT2D eigenvalue weighted by molar-refractivity contribution is 9.11. The minimum Gasteiger partial charge on any atom is -0.269 e. The molecular weight excluding hydrogens is 322 g/mol. The molecule has 0 unspecified atom stereocenters. The van der Waals surface area contributed by atoms with Gasteiger partial charge >= 0.3 is 0 Å². The van der Waals surface area contributed by atoms with Crippen molar-refractivity contribution >= 4 is 32.7 Å². The number of aliphatic imine (C=N–C) groups is 1. The predicted molar refractivity (Wildman–Crippen MR) is 87.2 cm³/mol. The molecule has 0 amide bonds. The summed E-state index contributed by atoms with van der Waals surface area (Å²) in [5, 5.41) is 0.611. The van der Waals surface area contributed by atoms with Crippen molar-refractivity contribution in [3.8, 4) is 0 Å². The highest BCUT2D eigenvalue weighted by Crippen LogP contribution is 2.16. The monoisotopic (exact) mass is 335 g/mol. The van der Waals surface area contributed by atoms with E-state index >= 15 is 0 Å². The van der Waals surface area contributed by atoms with Gasteiger partial charge in [0.05, 0.1) is 6.54 Å². The van der Waals surface area contributed by atoms with Crippen molar-refractivity contribution in [3.63, 3.8) is 0 Å². The standard InChI is InChI=1S/C16H15BrClN/c17-15-9-4-8-14(16(18)19-11-5-10-15)12-13-6-2-1-3-7-13/h1-3,5-10H,4,11-12H2/b10-5-,14-8-,15-9+,19-16+. The van der Waals surface area contributed by atoms with Gasteiger partial charge in [0.2, 0.25) is 0 Å². The highest BCUT2D eigenvalue weighted by Gasteiger charge is 2.05. The number of rotatable bonds is 2. The molecule has 2 rings (SSSR count). The van der Waals surface area contributed by atoms with Gasteiger partial charge in [-0.3, -0.25) is 4.99 Å². The maximum Gasteiger partial charge on any atom is 0.127 e. The molecular formula is C16H15BrClN. The van der Waals surface area contributed by atoms with Crippen LogP contribution < -0.4 is 0 Å². The Bertz CT molecular complexity index is 541. The van der Waals surface area contributed by atoms with Crippen molar-refractivity contribution in [1.29, 1.82) is 0 Å². The summed E-state index contributed by atoms with van der Waals surface area (Å²) in [6.07, 6.45) is 9.92. The Kier molecular flexibility index (Phi) is 5.62. The molecule has 0 aliphatic carbocycles. The quantitative estimate of drug-likeness (QED) is 0.718. The molecule has 0 aromatic heterocycles. The largest absolute Gasteiger partial charge is 0.269 e. The van der Waals surface area contributed by atoms with Crippen molar-refractivity contribution in [2.45, 2.75) is 12.8 Å². The van der Waals surface area contributed by atoms with E-state index < -0.39 is 0 Å². The van der Waals surface area contributed by atoms with Crippen LogP contribution in [0, 0.1) is 0 Å². The van der Waals surface area contributed by atoms with E-state index in [1.807, 2.05) is 30.4 Å². The lowest BCUT2D eigenvalue weighted by molar-refractivity contribution is 1.17. The van der Waals surface area contributed by atoms with Gasteiger partial charge in [0.15, 0.2) is 0 Å². The smallest absolute Gasteiger partial charge is 0.127 e. The van der Waals surface area contributed by atoms with Crippen LogP contribution in [0.5, 0.6) is 0 Å². The van der Waals surface area contributed by atoms with Crippen molar-refractivity contribution in [2.24, 2.45) is 4.99 Å². The number of halogens is 2. The van der Waals surface area contributed by atoms with E-state index in [0.29, 0.717) is 11.7 Å². The first kappa shape index (κ1) is 14.3. The first-order chi connectivity index (χ1) is 9.25. The molecule has 0 radical (unpaired) electrons. The van der Waals surface area contributed by atoms with Crippen LogP contribution >= 0.6 is 27.5 Å². The lowest BCUT2D eigenvalue weighted by atomic mass is 10.0. The number of hydrogen-bond donors (Lipinski definition) is 0. The average Bonchev–Trinajstić information content (AvgIpc) is 2.43. The zero-order valence-electron chi connectivity index (χ0n) is 10.5. The van der Waals surface area contributed by atoms with Crippen molar-refractivity contribution < 1.29 is 0 Å². The fourth-order valence-electron chi connectivity index (χ4n) is 1.83. The lowest BCUT2D eigenvalue weighted by Crippen LogP contribution is -2.00. The third-order valence-corrected chi connectivity index (χ3v) is 3.74. The van der Waals surface area contributed by atoms with Crippen molar-refractivity contribution in [1.82, 2.24) is 0 Å². The summed E-state index contributed by atoms with van der Waals surface area (Å²) < 4.78 is 1.08. The Balaban J connectivity index is 2.20. The molecule has 1 nitrogen and oxygen atoms in total. The topological polar surface area (TPSA) is 12.4 Å². The zero-order chi connectivity index (χ0) is 13.5. The summed E-state index contributed by atoms with van der Waals surface area (Å²) >= 11 is 9.79. The van der Waals surface area contributed by atoms with Crippen molar-refractivity contribution in [3.05, 3.63) is 70.3 Å². The van der Waals surface area contributed by atoms with Gasteiger partial charge < -0.3 is 0 Å². The third kappa shape index (κ3) is 4.81. The van der Waals surface area contributed by atoms with Crippen LogP contribution in [0.4, 0.5) is 0 Å². The Hall–Kier alpha value is -1.12. The second-order valence-electron chi connectivity index (χ2n) is 4.25. The summed E-state index contributed by atoms with van der Waals surface area (Å²) in [6, 6.07) is 10.3. The molecule has 1 aliphatic rings. The molecule has 0 bridgehead atoms. The second-order valence-corrected chi connectivity index (χ2v) is 5.52. The molecule has 0 fully saturated rings. The summed E-state index contributed by atoms with van der Waals surface area (Å²) in [7, 11) is 0. The molecule has 0 saturated heterocycles. The fourth-order valence-corrected chi connectivity index (χ4v) is 2.41. The van der Waals surface area contributed by atoms with Gasteiger partial charge in [-0.05, 0) is 17.6 Å². The number of benzene rings is 1. The number of hydrogen-bond acceptors (Lipinski definition) is 1. The molecule has 0 N–H and O–H groups in total. The fraction of sp³-hybridized carbons (Fsp3) is 0.188. The van der Waals surface area contributed by atoms with Crippen LogP contribution in [-0.4, -0.2) is 11.7 Å². The predicted octanol–water partition coefficient (Wildman–Crippen LogP) is 5.03. The third-order valence-electron chi connectivity index (χ3n) is 2.79. The number of allylic oxidation sites excluding steroid dienone is 5. The van der Waals surface area contributed by atoms with E-state index in [4.69, 9.17) is 11.6 Å². The van der Waals surface area contributed by atoms with E-state index in [1.165, 1.54) is 5.56 Å². The van der Waals surface area contributed by atoms with Crippen LogP contribution in [-0.2, 0) is 6.42 Å². The SMILES string of the molecule is ClC1=N/C/C=C\C(Br)=C/C/C=C\1Cc1ccccc1. The van der Waals surface area contributed by atoms with Gasteiger partial charge in [0.25, 0.3) is 0 Å². The Labute approximate surface area is 127 Å². The van der Waals surface area contributed by atoms with Gasteiger partial charge in [-0.1, -0.05) is 82.2 Å². The summed E-state index contributed by atoms with van der Waals surface area (Å²) in [5.41, 5.74) is 2.33. The molecule has 3 heteroatoms.